The van der Waals surface area contributed by atoms with Gasteiger partial charge in [0, 0.05) is 4.88 Å². The van der Waals surface area contributed by atoms with Crippen LogP contribution in [0.5, 0.6) is 5.75 Å². The van der Waals surface area contributed by atoms with Crippen LogP contribution in [0.3, 0.4) is 0 Å². The number of benzene rings is 1. The maximum atomic E-state index is 13.4. The average molecular weight is 483 g/mol. The fourth-order valence-corrected chi connectivity index (χ4v) is 5.63. The van der Waals surface area contributed by atoms with Crippen molar-refractivity contribution in [2.75, 3.05) is 13.7 Å². The van der Waals surface area contributed by atoms with Gasteiger partial charge in [0.05, 0.1) is 29.5 Å². The smallest absolute Gasteiger partial charge is 0.338 e. The summed E-state index contributed by atoms with van der Waals surface area (Å²) in [5.74, 6) is 0.346. The Hall–Kier alpha value is -2.97. The van der Waals surface area contributed by atoms with Crippen molar-refractivity contribution in [1.82, 2.24) is 4.57 Å². The molecule has 1 unspecified atom stereocenters. The minimum Gasteiger partial charge on any atom is -0.494 e. The highest BCUT2D eigenvalue weighted by molar-refractivity contribution is 7.10. The van der Waals surface area contributed by atoms with E-state index in [2.05, 4.69) is 11.9 Å². The third-order valence-corrected chi connectivity index (χ3v) is 7.34. The first-order valence-electron chi connectivity index (χ1n) is 10.9. The summed E-state index contributed by atoms with van der Waals surface area (Å²) in [6.45, 7) is 4.65. The topological polar surface area (TPSA) is 69.9 Å². The number of carbonyl (C=O) groups is 1. The number of thiophene rings is 1. The lowest BCUT2D eigenvalue weighted by Crippen LogP contribution is -2.39. The molecule has 1 aromatic carbocycles. The number of hydrogen-bond donors (Lipinski definition) is 0. The third-order valence-electron chi connectivity index (χ3n) is 5.43. The lowest BCUT2D eigenvalue weighted by molar-refractivity contribution is -0.136. The summed E-state index contributed by atoms with van der Waals surface area (Å²) < 4.78 is 13.0. The molecule has 0 N–H and O–H groups in total. The maximum absolute atomic E-state index is 13.4. The highest BCUT2D eigenvalue weighted by atomic mass is 32.1. The summed E-state index contributed by atoms with van der Waals surface area (Å²) in [4.78, 5) is 32.1. The van der Waals surface area contributed by atoms with Gasteiger partial charge in [-0.1, -0.05) is 49.3 Å². The first-order chi connectivity index (χ1) is 16.0. The number of thiazole rings is 1. The molecule has 0 saturated heterocycles. The zero-order valence-corrected chi connectivity index (χ0v) is 20.5. The fourth-order valence-electron chi connectivity index (χ4n) is 3.76. The molecule has 0 spiro atoms. The van der Waals surface area contributed by atoms with Gasteiger partial charge < -0.3 is 9.47 Å². The monoisotopic (exact) mass is 482 g/mol. The first-order valence-corrected chi connectivity index (χ1v) is 12.6. The molecule has 3 heterocycles. The van der Waals surface area contributed by atoms with E-state index in [1.54, 1.807) is 11.5 Å². The van der Waals surface area contributed by atoms with Crippen LogP contribution in [0.4, 0.5) is 0 Å². The van der Waals surface area contributed by atoms with Crippen LogP contribution >= 0.6 is 22.7 Å². The van der Waals surface area contributed by atoms with Gasteiger partial charge >= 0.3 is 5.97 Å². The number of allylic oxidation sites excluding steroid dienone is 1. The van der Waals surface area contributed by atoms with Gasteiger partial charge in [-0.2, -0.15) is 0 Å². The highest BCUT2D eigenvalue weighted by Gasteiger charge is 2.33. The molecule has 2 aromatic heterocycles. The van der Waals surface area contributed by atoms with Crippen LogP contribution in [-0.2, 0) is 9.53 Å². The molecule has 1 aliphatic heterocycles. The van der Waals surface area contributed by atoms with E-state index in [9.17, 15) is 9.59 Å². The van der Waals surface area contributed by atoms with E-state index in [0.29, 0.717) is 27.2 Å². The van der Waals surface area contributed by atoms with Crippen LogP contribution < -0.4 is 19.6 Å². The lowest BCUT2D eigenvalue weighted by atomic mass is 10.0. The number of nitrogens with zero attached hydrogens (tertiary/aromatic N) is 2. The lowest BCUT2D eigenvalue weighted by Gasteiger charge is -2.22. The predicted octanol–water partition coefficient (Wildman–Crippen LogP) is 4.04. The molecule has 172 valence electrons. The molecular formula is C25H26N2O4S2. The summed E-state index contributed by atoms with van der Waals surface area (Å²) in [6, 6.07) is 11.0. The largest absolute Gasteiger partial charge is 0.494 e. The van der Waals surface area contributed by atoms with Gasteiger partial charge in [-0.25, -0.2) is 9.79 Å². The van der Waals surface area contributed by atoms with Gasteiger partial charge in [-0.15, -0.1) is 11.3 Å². The Morgan fingerprint density at radius 2 is 2.00 bits per heavy atom. The molecule has 0 bridgehead atoms. The van der Waals surface area contributed by atoms with Crippen molar-refractivity contribution >= 4 is 34.7 Å². The Labute approximate surface area is 200 Å². The minimum absolute atomic E-state index is 0.175. The van der Waals surface area contributed by atoms with Crippen molar-refractivity contribution in [1.29, 1.82) is 0 Å². The van der Waals surface area contributed by atoms with Crippen molar-refractivity contribution in [3.8, 4) is 5.75 Å². The van der Waals surface area contributed by atoms with Gasteiger partial charge in [0.25, 0.3) is 5.56 Å². The molecule has 1 atom stereocenters. The average Bonchev–Trinajstić information content (AvgIpc) is 3.45. The first kappa shape index (κ1) is 23.2. The van der Waals surface area contributed by atoms with Crippen LogP contribution in [-0.4, -0.2) is 24.3 Å². The van der Waals surface area contributed by atoms with E-state index < -0.39 is 12.0 Å². The van der Waals surface area contributed by atoms with Crippen molar-refractivity contribution < 1.29 is 14.3 Å². The van der Waals surface area contributed by atoms with Crippen LogP contribution in [0.2, 0.25) is 0 Å². The number of esters is 1. The highest BCUT2D eigenvalue weighted by Crippen LogP contribution is 2.32. The quantitative estimate of drug-likeness (QED) is 0.359. The van der Waals surface area contributed by atoms with Gasteiger partial charge in [-0.3, -0.25) is 9.36 Å². The molecule has 0 radical (unpaired) electrons. The van der Waals surface area contributed by atoms with Crippen molar-refractivity contribution in [2.45, 2.75) is 39.2 Å². The standard InChI is InChI=1S/C25H26N2O4S2/c1-4-5-6-13-31-18-11-9-17(10-12-18)15-20-23(28)27-22(19-8-7-14-32-19)21(24(29)30-3)16(2)26-25(27)33-20/h7-12,14-15,22H,4-6,13H2,1-3H3/b20-15+. The molecule has 0 saturated carbocycles. The number of hydrogen-bond acceptors (Lipinski definition) is 7. The molecule has 4 rings (SSSR count). The van der Waals surface area contributed by atoms with E-state index in [1.165, 1.54) is 29.8 Å². The van der Waals surface area contributed by atoms with Crippen LogP contribution in [0.15, 0.2) is 62.8 Å². The Kier molecular flexibility index (Phi) is 7.25. The molecule has 3 aromatic rings. The van der Waals surface area contributed by atoms with Crippen molar-refractivity contribution in [3.05, 3.63) is 83.2 Å². The number of unbranched alkanes of at least 4 members (excludes halogenated alkanes) is 2. The summed E-state index contributed by atoms with van der Waals surface area (Å²) in [5.41, 5.74) is 1.68. The number of fused-ring (bicyclic) bond motifs is 1. The Morgan fingerprint density at radius 3 is 2.67 bits per heavy atom. The number of ether oxygens (including phenoxy) is 2. The SMILES string of the molecule is CCCCCOc1ccc(/C=c2/sc3n(c2=O)C(c2cccs2)C(C(=O)OC)=C(C)N=3)cc1. The molecule has 0 aliphatic carbocycles. The van der Waals surface area contributed by atoms with Crippen LogP contribution in [0.25, 0.3) is 6.08 Å². The summed E-state index contributed by atoms with van der Waals surface area (Å²) in [6.07, 6.45) is 5.21. The predicted molar refractivity (Wildman–Crippen MR) is 132 cm³/mol. The fraction of sp³-hybridized carbons (Fsp3) is 0.320. The van der Waals surface area contributed by atoms with Gasteiger partial charge in [0.15, 0.2) is 4.80 Å². The number of rotatable bonds is 8. The zero-order valence-electron chi connectivity index (χ0n) is 18.9. The number of carbonyl (C=O) groups excluding carboxylic acids is 1. The molecule has 1 aliphatic rings. The molecule has 8 heteroatoms. The van der Waals surface area contributed by atoms with Gasteiger partial charge in [0.1, 0.15) is 11.8 Å². The van der Waals surface area contributed by atoms with E-state index >= 15 is 0 Å². The van der Waals surface area contributed by atoms with E-state index in [4.69, 9.17) is 9.47 Å². The van der Waals surface area contributed by atoms with Gasteiger partial charge in [-0.05, 0) is 48.6 Å². The van der Waals surface area contributed by atoms with Crippen molar-refractivity contribution in [2.24, 2.45) is 4.99 Å². The van der Waals surface area contributed by atoms with Crippen molar-refractivity contribution in [3.63, 3.8) is 0 Å². The Balaban J connectivity index is 1.71. The molecule has 0 fully saturated rings. The molecule has 0 amide bonds. The third kappa shape index (κ3) is 4.86. The minimum atomic E-state index is -0.547. The molecule has 6 nitrogen and oxygen atoms in total. The normalized spacial score (nSPS) is 15.8. The second-order valence-corrected chi connectivity index (χ2v) is 9.70. The second kappa shape index (κ2) is 10.3. The van der Waals surface area contributed by atoms with E-state index in [0.717, 1.165) is 35.5 Å². The van der Waals surface area contributed by atoms with E-state index in [-0.39, 0.29) is 5.56 Å². The molecular weight excluding hydrogens is 456 g/mol. The summed E-state index contributed by atoms with van der Waals surface area (Å²) in [7, 11) is 1.34. The van der Waals surface area contributed by atoms with Gasteiger partial charge in [0.2, 0.25) is 0 Å². The Morgan fingerprint density at radius 1 is 1.21 bits per heavy atom. The Bertz CT molecular complexity index is 1330. The maximum Gasteiger partial charge on any atom is 0.338 e. The number of aromatic nitrogens is 1. The summed E-state index contributed by atoms with van der Waals surface area (Å²) >= 11 is 2.82. The number of methoxy groups -OCH3 is 1. The zero-order chi connectivity index (χ0) is 23.4. The summed E-state index contributed by atoms with van der Waals surface area (Å²) in [5, 5.41) is 1.93. The second-order valence-electron chi connectivity index (χ2n) is 7.71. The van der Waals surface area contributed by atoms with Crippen LogP contribution in [0, 0.1) is 0 Å². The molecule has 33 heavy (non-hydrogen) atoms. The van der Waals surface area contributed by atoms with E-state index in [1.807, 2.05) is 47.9 Å². The van der Waals surface area contributed by atoms with Crippen LogP contribution in [0.1, 0.15) is 49.6 Å².